The van der Waals surface area contributed by atoms with Crippen LogP contribution in [0.3, 0.4) is 0 Å². The Balaban J connectivity index is 1.54. The number of benzene rings is 2. The fourth-order valence-electron chi connectivity index (χ4n) is 3.65. The van der Waals surface area contributed by atoms with Crippen LogP contribution in [0.15, 0.2) is 66.9 Å². The topological polar surface area (TPSA) is 71.3 Å². The number of carbonyl (C=O) groups is 1. The van der Waals surface area contributed by atoms with Crippen molar-refractivity contribution >= 4 is 17.2 Å². The smallest absolute Gasteiger partial charge is 0.251 e. The van der Waals surface area contributed by atoms with Crippen LogP contribution in [0.4, 0.5) is 5.69 Å². The van der Waals surface area contributed by atoms with Crippen LogP contribution in [0.5, 0.6) is 0 Å². The molecule has 162 valence electrons. The van der Waals surface area contributed by atoms with Crippen molar-refractivity contribution in [3.63, 3.8) is 0 Å². The lowest BCUT2D eigenvalue weighted by Gasteiger charge is -2.13. The number of fused-ring (bicyclic) bond motifs is 1. The van der Waals surface area contributed by atoms with Gasteiger partial charge in [0.15, 0.2) is 5.65 Å². The van der Waals surface area contributed by atoms with Crippen LogP contribution in [-0.4, -0.2) is 33.1 Å². The van der Waals surface area contributed by atoms with E-state index in [4.69, 9.17) is 5.10 Å². The van der Waals surface area contributed by atoms with Gasteiger partial charge in [-0.1, -0.05) is 56.3 Å². The number of aromatic nitrogens is 3. The Hall–Kier alpha value is -3.67. The number of rotatable bonds is 7. The summed E-state index contributed by atoms with van der Waals surface area (Å²) in [5, 5.41) is 11.5. The second-order valence-corrected chi connectivity index (χ2v) is 8.79. The van der Waals surface area contributed by atoms with Gasteiger partial charge in [-0.3, -0.25) is 4.79 Å². The van der Waals surface area contributed by atoms with Crippen LogP contribution < -0.4 is 10.6 Å². The summed E-state index contributed by atoms with van der Waals surface area (Å²) >= 11 is 0. The second kappa shape index (κ2) is 8.46. The number of anilines is 1. The molecular formula is C26H27N5O. The maximum atomic E-state index is 12.3. The van der Waals surface area contributed by atoms with Gasteiger partial charge in [0.1, 0.15) is 0 Å². The van der Waals surface area contributed by atoms with E-state index in [1.807, 2.05) is 53.2 Å². The summed E-state index contributed by atoms with van der Waals surface area (Å²) in [6, 6.07) is 20.2. The summed E-state index contributed by atoms with van der Waals surface area (Å²) < 4.78 is 1.89. The predicted octanol–water partition coefficient (Wildman–Crippen LogP) is 5.02. The van der Waals surface area contributed by atoms with Gasteiger partial charge in [-0.15, -0.1) is 0 Å². The zero-order valence-electron chi connectivity index (χ0n) is 18.4. The second-order valence-electron chi connectivity index (χ2n) is 8.79. The van der Waals surface area contributed by atoms with Crippen molar-refractivity contribution in [2.24, 2.45) is 5.92 Å². The minimum absolute atomic E-state index is 0.0122. The number of amides is 1. The summed E-state index contributed by atoms with van der Waals surface area (Å²) in [5.74, 6) is 0.494. The third kappa shape index (κ3) is 4.21. The van der Waals surface area contributed by atoms with Gasteiger partial charge >= 0.3 is 0 Å². The van der Waals surface area contributed by atoms with E-state index in [0.29, 0.717) is 17.5 Å². The van der Waals surface area contributed by atoms with Gasteiger partial charge in [-0.2, -0.15) is 5.10 Å². The van der Waals surface area contributed by atoms with Crippen LogP contribution in [0.1, 0.15) is 37.0 Å². The first kappa shape index (κ1) is 20.2. The summed E-state index contributed by atoms with van der Waals surface area (Å²) in [4.78, 5) is 17.0. The van der Waals surface area contributed by atoms with Crippen LogP contribution in [0.25, 0.3) is 28.2 Å². The van der Waals surface area contributed by atoms with Crippen LogP contribution in [0.2, 0.25) is 0 Å². The van der Waals surface area contributed by atoms with E-state index < -0.39 is 0 Å². The molecule has 4 aromatic rings. The number of hydrogen-bond acceptors (Lipinski definition) is 4. The van der Waals surface area contributed by atoms with Gasteiger partial charge in [-0.25, -0.2) is 9.50 Å². The molecular weight excluding hydrogens is 398 g/mol. The van der Waals surface area contributed by atoms with Crippen molar-refractivity contribution in [3.8, 4) is 22.5 Å². The first-order chi connectivity index (χ1) is 15.6. The number of carbonyl (C=O) groups excluding carboxylic acids is 1. The van der Waals surface area contributed by atoms with Crippen molar-refractivity contribution in [2.45, 2.75) is 32.7 Å². The highest BCUT2D eigenvalue weighted by Crippen LogP contribution is 2.28. The average molecular weight is 426 g/mol. The van der Waals surface area contributed by atoms with E-state index in [2.05, 4.69) is 47.7 Å². The fraction of sp³-hybridized carbons (Fsp3) is 0.269. The molecule has 6 nitrogen and oxygen atoms in total. The number of imidazole rings is 1. The third-order valence-corrected chi connectivity index (χ3v) is 5.59. The minimum atomic E-state index is -0.0122. The highest BCUT2D eigenvalue weighted by Gasteiger charge is 2.23. The average Bonchev–Trinajstić information content (AvgIpc) is 3.53. The molecule has 2 heterocycles. The first-order valence-corrected chi connectivity index (χ1v) is 11.2. The van der Waals surface area contributed by atoms with Crippen molar-refractivity contribution in [3.05, 3.63) is 72.4 Å². The SMILES string of the molecule is CC(C)CNc1cc(-c2ccccc2)nn2c(-c3ccc(C(=O)NC4CC4)cc3)cnc12. The van der Waals surface area contributed by atoms with Gasteiger partial charge in [-0.05, 0) is 37.0 Å². The van der Waals surface area contributed by atoms with E-state index in [1.165, 1.54) is 0 Å². The zero-order chi connectivity index (χ0) is 22.1. The normalized spacial score (nSPS) is 13.5. The maximum Gasteiger partial charge on any atom is 0.251 e. The Bertz CT molecular complexity index is 1240. The molecule has 0 aliphatic heterocycles. The Kier molecular flexibility index (Phi) is 5.35. The molecule has 0 unspecified atom stereocenters. The van der Waals surface area contributed by atoms with E-state index >= 15 is 0 Å². The van der Waals surface area contributed by atoms with Gasteiger partial charge in [0.25, 0.3) is 5.91 Å². The molecule has 1 fully saturated rings. The molecule has 2 aromatic carbocycles. The van der Waals surface area contributed by atoms with E-state index in [9.17, 15) is 4.79 Å². The van der Waals surface area contributed by atoms with Crippen molar-refractivity contribution in [1.29, 1.82) is 0 Å². The van der Waals surface area contributed by atoms with Gasteiger partial charge in [0.2, 0.25) is 0 Å². The maximum absolute atomic E-state index is 12.3. The molecule has 32 heavy (non-hydrogen) atoms. The van der Waals surface area contributed by atoms with Gasteiger partial charge in [0.05, 0.1) is 23.3 Å². The molecule has 5 rings (SSSR count). The third-order valence-electron chi connectivity index (χ3n) is 5.59. The molecule has 6 heteroatoms. The first-order valence-electron chi connectivity index (χ1n) is 11.2. The highest BCUT2D eigenvalue weighted by atomic mass is 16.1. The lowest BCUT2D eigenvalue weighted by Crippen LogP contribution is -2.25. The van der Waals surface area contributed by atoms with Gasteiger partial charge < -0.3 is 10.6 Å². The molecule has 1 aliphatic carbocycles. The number of nitrogens with one attached hydrogen (secondary N) is 2. The molecule has 2 aromatic heterocycles. The summed E-state index contributed by atoms with van der Waals surface area (Å²) in [6.07, 6.45) is 4.00. The zero-order valence-corrected chi connectivity index (χ0v) is 18.4. The van der Waals surface area contributed by atoms with E-state index in [1.54, 1.807) is 0 Å². The van der Waals surface area contributed by atoms with Crippen molar-refractivity contribution in [2.75, 3.05) is 11.9 Å². The monoisotopic (exact) mass is 425 g/mol. The molecule has 0 spiro atoms. The largest absolute Gasteiger partial charge is 0.382 e. The van der Waals surface area contributed by atoms with Crippen LogP contribution >= 0.6 is 0 Å². The van der Waals surface area contributed by atoms with Crippen LogP contribution in [0, 0.1) is 5.92 Å². The molecule has 0 atom stereocenters. The summed E-state index contributed by atoms with van der Waals surface area (Å²) in [6.45, 7) is 5.21. The molecule has 0 bridgehead atoms. The minimum Gasteiger partial charge on any atom is -0.382 e. The Morgan fingerprint density at radius 3 is 2.50 bits per heavy atom. The lowest BCUT2D eigenvalue weighted by atomic mass is 10.1. The predicted molar refractivity (Wildman–Crippen MR) is 128 cm³/mol. The molecule has 1 aliphatic rings. The molecule has 2 N–H and O–H groups in total. The van der Waals surface area contributed by atoms with Crippen LogP contribution in [-0.2, 0) is 0 Å². The standard InChI is InChI=1S/C26H27N5O/c1-17(2)15-27-23-14-22(18-6-4-3-5-7-18)30-31-24(16-28-25(23)31)19-8-10-20(11-9-19)26(32)29-21-12-13-21/h3-11,14,16-17,21,27H,12-13,15H2,1-2H3,(H,29,32). The van der Waals surface area contributed by atoms with Crippen molar-refractivity contribution in [1.82, 2.24) is 19.9 Å². The highest BCUT2D eigenvalue weighted by molar-refractivity contribution is 5.95. The van der Waals surface area contributed by atoms with Gasteiger partial charge in [0, 0.05) is 29.3 Å². The Labute approximate surface area is 187 Å². The number of nitrogens with zero attached hydrogens (tertiary/aromatic N) is 3. The summed E-state index contributed by atoms with van der Waals surface area (Å²) in [5.41, 5.74) is 6.20. The van der Waals surface area contributed by atoms with Crippen molar-refractivity contribution < 1.29 is 4.79 Å². The molecule has 0 radical (unpaired) electrons. The molecule has 0 saturated heterocycles. The van der Waals surface area contributed by atoms with E-state index in [-0.39, 0.29) is 5.91 Å². The van der Waals surface area contributed by atoms with E-state index in [0.717, 1.165) is 53.2 Å². The fourth-order valence-corrected chi connectivity index (χ4v) is 3.65. The lowest BCUT2D eigenvalue weighted by molar-refractivity contribution is 0.0951. The Morgan fingerprint density at radius 1 is 1.06 bits per heavy atom. The number of hydrogen-bond donors (Lipinski definition) is 2. The quantitative estimate of drug-likeness (QED) is 0.436. The summed E-state index contributed by atoms with van der Waals surface area (Å²) in [7, 11) is 0. The molecule has 1 saturated carbocycles. The Morgan fingerprint density at radius 2 is 1.81 bits per heavy atom. The molecule has 1 amide bonds.